The zero-order valence-electron chi connectivity index (χ0n) is 36.4. The summed E-state index contributed by atoms with van der Waals surface area (Å²) in [5, 5.41) is 2.57. The van der Waals surface area contributed by atoms with E-state index < -0.39 is 69.4 Å². The molecule has 10 rings (SSSR count). The number of anilines is 2. The maximum Gasteiger partial charge on any atom is 0.301 e. The van der Waals surface area contributed by atoms with Gasteiger partial charge in [-0.3, -0.25) is 29.2 Å². The molecule has 0 unspecified atom stereocenters. The van der Waals surface area contributed by atoms with Crippen LogP contribution in [0.4, 0.5) is 28.9 Å². The molecular weight excluding hydrogens is 893 g/mol. The van der Waals surface area contributed by atoms with Crippen LogP contribution in [-0.2, 0) is 26.3 Å². The number of nitrogens with zero attached hydrogens (tertiary/aromatic N) is 5. The molecule has 0 spiro atoms. The van der Waals surface area contributed by atoms with E-state index in [1.807, 2.05) is 21.8 Å². The van der Waals surface area contributed by atoms with Gasteiger partial charge in [0.15, 0.2) is 5.82 Å². The molecule has 3 amide bonds. The zero-order chi connectivity index (χ0) is 46.7. The van der Waals surface area contributed by atoms with E-state index in [1.165, 1.54) is 24.0 Å². The summed E-state index contributed by atoms with van der Waals surface area (Å²) < 4.78 is 89.0. The molecule has 0 radical (unpaired) electrons. The summed E-state index contributed by atoms with van der Waals surface area (Å²) in [6.45, 7) is 4.08. The van der Waals surface area contributed by atoms with Crippen molar-refractivity contribution in [2.45, 2.75) is 69.6 Å². The maximum atomic E-state index is 15.9. The molecule has 2 aromatic heterocycles. The fraction of sp³-hybridized carbons (Fsp3) is 0.396. The Hall–Kier alpha value is -6.18. The van der Waals surface area contributed by atoms with Crippen LogP contribution >= 0.6 is 0 Å². The number of ketones is 1. The van der Waals surface area contributed by atoms with Crippen LogP contribution < -0.4 is 14.9 Å². The number of halogens is 4. The number of piperidine rings is 3. The lowest BCUT2D eigenvalue weighted by Gasteiger charge is -2.38. The number of H-pyrrole nitrogens is 1. The number of amides is 3. The predicted molar refractivity (Wildman–Crippen MR) is 241 cm³/mol. The second kappa shape index (κ2) is 17.8. The third-order valence-corrected chi connectivity index (χ3v) is 15.6. The molecule has 0 bridgehead atoms. The van der Waals surface area contributed by atoms with E-state index in [2.05, 4.69) is 26.3 Å². The van der Waals surface area contributed by atoms with Crippen molar-refractivity contribution < 1.29 is 45.2 Å². The minimum Gasteiger partial charge on any atom is -0.369 e. The average molecular weight is 941 g/mol. The number of likely N-dealkylation sites (tertiary alicyclic amines) is 1. The average Bonchev–Trinajstić information content (AvgIpc) is 4.04. The van der Waals surface area contributed by atoms with Crippen LogP contribution in [0.2, 0.25) is 0 Å². The molecule has 5 aliphatic heterocycles. The summed E-state index contributed by atoms with van der Waals surface area (Å²) in [7, 11) is -4.39. The van der Waals surface area contributed by atoms with Crippen LogP contribution in [0.15, 0.2) is 67.0 Å². The van der Waals surface area contributed by atoms with E-state index in [1.54, 1.807) is 23.1 Å². The molecule has 0 saturated carbocycles. The molecule has 19 heteroatoms. The first-order chi connectivity index (χ1) is 32.2. The predicted octanol–water partition coefficient (Wildman–Crippen LogP) is 6.44. The van der Waals surface area contributed by atoms with Crippen LogP contribution in [0.3, 0.4) is 0 Å². The van der Waals surface area contributed by atoms with Crippen molar-refractivity contribution in [1.29, 1.82) is 0 Å². The number of carbonyl (C=O) groups excluding carboxylic acids is 4. The summed E-state index contributed by atoms with van der Waals surface area (Å²) in [4.78, 5) is 64.4. The van der Waals surface area contributed by atoms with Gasteiger partial charge in [0.25, 0.3) is 5.91 Å². The lowest BCUT2D eigenvalue weighted by Crippen LogP contribution is -2.52. The van der Waals surface area contributed by atoms with Gasteiger partial charge in [-0.15, -0.1) is 0 Å². The monoisotopic (exact) mass is 940 g/mol. The number of aromatic nitrogens is 2. The summed E-state index contributed by atoms with van der Waals surface area (Å²) >= 11 is 0. The summed E-state index contributed by atoms with van der Waals surface area (Å²) in [6.07, 6.45) is 5.71. The van der Waals surface area contributed by atoms with Gasteiger partial charge in [0, 0.05) is 80.2 Å². The first-order valence-electron chi connectivity index (χ1n) is 22.7. The van der Waals surface area contributed by atoms with Crippen molar-refractivity contribution in [2.24, 2.45) is 5.92 Å². The van der Waals surface area contributed by atoms with Gasteiger partial charge in [0.05, 0.1) is 16.9 Å². The van der Waals surface area contributed by atoms with E-state index in [0.29, 0.717) is 60.3 Å². The lowest BCUT2D eigenvalue weighted by atomic mass is 9.87. The Bertz CT molecular complexity index is 2930. The Morgan fingerprint density at radius 1 is 0.851 bits per heavy atom. The second-order valence-electron chi connectivity index (χ2n) is 18.3. The van der Waals surface area contributed by atoms with Gasteiger partial charge in [0.1, 0.15) is 29.5 Å². The molecule has 4 saturated heterocycles. The molecular formula is C48H48F4N8O6S. The second-order valence-corrected chi connectivity index (χ2v) is 19.9. The largest absolute Gasteiger partial charge is 0.369 e. The smallest absolute Gasteiger partial charge is 0.301 e. The number of nitrogens with one attached hydrogen (secondary N) is 3. The molecule has 67 heavy (non-hydrogen) atoms. The molecule has 5 aromatic rings. The van der Waals surface area contributed by atoms with Crippen molar-refractivity contribution in [3.63, 3.8) is 0 Å². The van der Waals surface area contributed by atoms with Crippen molar-refractivity contribution in [1.82, 2.24) is 29.4 Å². The van der Waals surface area contributed by atoms with Gasteiger partial charge in [-0.25, -0.2) is 22.5 Å². The molecule has 3 N–H and O–H groups in total. The summed E-state index contributed by atoms with van der Waals surface area (Å²) in [5.74, 6) is -4.20. The molecule has 7 heterocycles. The maximum absolute atomic E-state index is 15.9. The Balaban J connectivity index is 0.743. The summed E-state index contributed by atoms with van der Waals surface area (Å²) in [5.41, 5.74) is 2.60. The molecule has 3 aromatic carbocycles. The third kappa shape index (κ3) is 8.68. The van der Waals surface area contributed by atoms with E-state index in [9.17, 15) is 32.0 Å². The van der Waals surface area contributed by atoms with Crippen molar-refractivity contribution in [3.8, 4) is 11.1 Å². The molecule has 0 aliphatic carbocycles. The van der Waals surface area contributed by atoms with Gasteiger partial charge in [-0.2, -0.15) is 12.7 Å². The van der Waals surface area contributed by atoms with Crippen molar-refractivity contribution in [2.75, 3.05) is 55.4 Å². The SMILES string of the molecule is O=C1CC[C@H](N2Cc3cc(C4CCN(CC5CCN(c6ccc(-c7cnc8[nH]cc(C(=O)c9c(F)ccc(NS(=O)(=O)N%10CC[C@@H](F)C%10)c9F)c8c7)cc6F)CC5)CC4)ccc3C2=O)C(=O)N1. The number of hydrogen-bond donors (Lipinski definition) is 3. The highest BCUT2D eigenvalue weighted by Gasteiger charge is 2.40. The Morgan fingerprint density at radius 2 is 1.64 bits per heavy atom. The Kier molecular flexibility index (Phi) is 11.9. The Morgan fingerprint density at radius 3 is 2.37 bits per heavy atom. The van der Waals surface area contributed by atoms with Gasteiger partial charge in [-0.05, 0) is 117 Å². The molecule has 5 aliphatic rings. The number of hydrogen-bond acceptors (Lipinski definition) is 9. The van der Waals surface area contributed by atoms with E-state index >= 15 is 13.2 Å². The van der Waals surface area contributed by atoms with Crippen LogP contribution in [-0.4, -0.2) is 114 Å². The zero-order valence-corrected chi connectivity index (χ0v) is 37.2. The normalized spacial score (nSPS) is 21.3. The minimum atomic E-state index is -4.39. The van der Waals surface area contributed by atoms with Crippen LogP contribution in [0, 0.1) is 23.4 Å². The standard InChI is InChI=1S/C48H48F4N8O6S/c49-33-13-18-59(26-33)67(65,66)56-39-5-4-37(50)43(44(39)52)45(62)36-23-54-46-35(36)20-31(22-53-46)30-2-6-40(38(51)21-30)58-16-9-27(10-17-58)24-57-14-11-28(12-15-57)29-1-3-34-32(19-29)25-60(48(34)64)41-7-8-42(61)55-47(41)63/h1-6,19-23,27-28,33,41,56H,7-18,24-26H2,(H,53,54)(H,55,61,63)/t33-,41+/m1/s1. The third-order valence-electron chi connectivity index (χ3n) is 14.1. The van der Waals surface area contributed by atoms with Crippen LogP contribution in [0.25, 0.3) is 22.2 Å². The highest BCUT2D eigenvalue weighted by molar-refractivity contribution is 7.90. The van der Waals surface area contributed by atoms with E-state index in [0.717, 1.165) is 67.3 Å². The number of pyridine rings is 1. The number of fused-ring (bicyclic) bond motifs is 2. The van der Waals surface area contributed by atoms with Gasteiger partial charge in [-0.1, -0.05) is 18.2 Å². The minimum absolute atomic E-state index is 0.0165. The highest BCUT2D eigenvalue weighted by atomic mass is 32.2. The number of aromatic amines is 1. The number of rotatable bonds is 11. The molecule has 2 atom stereocenters. The van der Waals surface area contributed by atoms with Crippen molar-refractivity contribution in [3.05, 3.63) is 112 Å². The molecule has 4 fully saturated rings. The number of carbonyl (C=O) groups is 4. The number of alkyl halides is 1. The van der Waals surface area contributed by atoms with E-state index in [4.69, 9.17) is 0 Å². The lowest BCUT2D eigenvalue weighted by molar-refractivity contribution is -0.136. The van der Waals surface area contributed by atoms with Gasteiger partial charge in [0.2, 0.25) is 17.6 Å². The molecule has 14 nitrogen and oxygen atoms in total. The first-order valence-corrected chi connectivity index (χ1v) is 24.1. The topological polar surface area (TPSA) is 168 Å². The highest BCUT2D eigenvalue weighted by Crippen LogP contribution is 2.36. The van der Waals surface area contributed by atoms with Crippen LogP contribution in [0.1, 0.15) is 88.3 Å². The number of benzene rings is 3. The fourth-order valence-electron chi connectivity index (χ4n) is 10.4. The first kappa shape index (κ1) is 44.6. The molecule has 350 valence electrons. The fourth-order valence-corrected chi connectivity index (χ4v) is 11.7. The summed E-state index contributed by atoms with van der Waals surface area (Å²) in [6, 6.07) is 13.5. The quantitative estimate of drug-likeness (QED) is 0.0768. The van der Waals surface area contributed by atoms with E-state index in [-0.39, 0.29) is 47.8 Å². The number of imide groups is 1. The van der Waals surface area contributed by atoms with Crippen molar-refractivity contribution >= 4 is 56.1 Å². The van der Waals surface area contributed by atoms with Crippen LogP contribution in [0.5, 0.6) is 0 Å². The van der Waals surface area contributed by atoms with Gasteiger partial charge < -0.3 is 19.7 Å². The Labute approximate surface area is 383 Å². The van der Waals surface area contributed by atoms with Gasteiger partial charge >= 0.3 is 10.2 Å².